The third-order valence-electron chi connectivity index (χ3n) is 4.19. The van der Waals surface area contributed by atoms with Crippen molar-refractivity contribution in [2.45, 2.75) is 19.3 Å². The lowest BCUT2D eigenvalue weighted by molar-refractivity contribution is -0.0587. The van der Waals surface area contributed by atoms with Crippen LogP contribution in [0.4, 0.5) is 0 Å². The lowest BCUT2D eigenvalue weighted by atomic mass is 9.78. The topological polar surface area (TPSA) is 39.1 Å². The fourth-order valence-corrected chi connectivity index (χ4v) is 2.73. The summed E-state index contributed by atoms with van der Waals surface area (Å²) in [6, 6.07) is 6.63. The molecule has 0 unspecified atom stereocenters. The highest BCUT2D eigenvalue weighted by Crippen LogP contribution is 2.33. The van der Waals surface area contributed by atoms with Crippen molar-refractivity contribution in [1.29, 1.82) is 0 Å². The van der Waals surface area contributed by atoms with Gasteiger partial charge in [0.25, 0.3) is 0 Å². The molecule has 1 aliphatic heterocycles. The van der Waals surface area contributed by atoms with Gasteiger partial charge in [0.05, 0.1) is 29.7 Å². The van der Waals surface area contributed by atoms with Gasteiger partial charge in [-0.3, -0.25) is 0 Å². The van der Waals surface area contributed by atoms with Gasteiger partial charge in [-0.1, -0.05) is 13.0 Å². The highest BCUT2D eigenvalue weighted by atomic mass is 16.5. The molecule has 1 aromatic heterocycles. The Hall–Kier alpha value is -1.39. The van der Waals surface area contributed by atoms with Crippen LogP contribution in [0.1, 0.15) is 18.3 Å². The van der Waals surface area contributed by atoms with E-state index in [9.17, 15) is 0 Å². The van der Waals surface area contributed by atoms with Crippen LogP contribution in [-0.2, 0) is 17.2 Å². The van der Waals surface area contributed by atoms with Crippen LogP contribution in [0.15, 0.2) is 18.2 Å². The van der Waals surface area contributed by atoms with E-state index in [2.05, 4.69) is 47.0 Å². The molecular formula is C15H21N3O. The van der Waals surface area contributed by atoms with Crippen molar-refractivity contribution in [1.82, 2.24) is 14.9 Å². The fraction of sp³-hybridized carbons (Fsp3) is 0.533. The number of likely N-dealkylation sites (N-methyl/N-ethyl adjacent to an activating group) is 1. The van der Waals surface area contributed by atoms with Crippen molar-refractivity contribution in [3.8, 4) is 0 Å². The predicted octanol–water partition coefficient (Wildman–Crippen LogP) is 1.76. The monoisotopic (exact) mass is 259 g/mol. The summed E-state index contributed by atoms with van der Waals surface area (Å²) in [6.45, 7) is 7.75. The maximum absolute atomic E-state index is 5.47. The van der Waals surface area contributed by atoms with Crippen molar-refractivity contribution < 1.29 is 4.74 Å². The van der Waals surface area contributed by atoms with E-state index >= 15 is 0 Å². The summed E-state index contributed by atoms with van der Waals surface area (Å²) < 4.78 is 7.60. The van der Waals surface area contributed by atoms with Crippen LogP contribution in [0.5, 0.6) is 0 Å². The number of fused-ring (bicyclic) bond motifs is 1. The van der Waals surface area contributed by atoms with E-state index in [0.29, 0.717) is 0 Å². The van der Waals surface area contributed by atoms with Crippen LogP contribution in [-0.4, -0.2) is 35.9 Å². The van der Waals surface area contributed by atoms with Crippen LogP contribution >= 0.6 is 0 Å². The fourth-order valence-electron chi connectivity index (χ4n) is 2.73. The quantitative estimate of drug-likeness (QED) is 0.909. The molecule has 0 aliphatic carbocycles. The van der Waals surface area contributed by atoms with Crippen LogP contribution in [0.2, 0.25) is 0 Å². The van der Waals surface area contributed by atoms with Crippen molar-refractivity contribution in [3.63, 3.8) is 0 Å². The Bertz CT molecular complexity index is 599. The van der Waals surface area contributed by atoms with Gasteiger partial charge in [0.15, 0.2) is 0 Å². The van der Waals surface area contributed by atoms with E-state index < -0.39 is 0 Å². The first-order valence-electron chi connectivity index (χ1n) is 6.88. The summed E-state index contributed by atoms with van der Waals surface area (Å²) in [6.07, 6.45) is 0. The molecule has 2 heterocycles. The Kier molecular flexibility index (Phi) is 3.07. The van der Waals surface area contributed by atoms with Gasteiger partial charge in [0.1, 0.15) is 5.82 Å². The van der Waals surface area contributed by atoms with Gasteiger partial charge < -0.3 is 14.6 Å². The second-order valence-corrected chi connectivity index (χ2v) is 5.47. The molecule has 0 saturated carbocycles. The van der Waals surface area contributed by atoms with E-state index in [1.54, 1.807) is 0 Å². The van der Waals surface area contributed by atoms with Crippen LogP contribution in [0.3, 0.4) is 0 Å². The number of nitrogens with one attached hydrogen (secondary N) is 1. The first-order chi connectivity index (χ1) is 9.16. The number of rotatable bonds is 4. The van der Waals surface area contributed by atoms with Gasteiger partial charge in [-0.05, 0) is 31.2 Å². The van der Waals surface area contributed by atoms with Gasteiger partial charge in [-0.25, -0.2) is 4.98 Å². The van der Waals surface area contributed by atoms with Crippen LogP contribution < -0.4 is 5.32 Å². The van der Waals surface area contributed by atoms with Crippen LogP contribution in [0, 0.1) is 6.92 Å². The van der Waals surface area contributed by atoms with Gasteiger partial charge in [0.2, 0.25) is 0 Å². The molecule has 19 heavy (non-hydrogen) atoms. The Balaban J connectivity index is 2.00. The molecule has 0 atom stereocenters. The molecule has 1 aromatic carbocycles. The van der Waals surface area contributed by atoms with E-state index in [1.807, 2.05) is 6.92 Å². The summed E-state index contributed by atoms with van der Waals surface area (Å²) in [5.74, 6) is 1.05. The Morgan fingerprint density at radius 3 is 2.84 bits per heavy atom. The molecule has 1 fully saturated rings. The molecule has 0 radical (unpaired) electrons. The molecule has 1 saturated heterocycles. The molecular weight excluding hydrogens is 238 g/mol. The molecule has 4 nitrogen and oxygen atoms in total. The Morgan fingerprint density at radius 1 is 1.42 bits per heavy atom. The molecule has 0 bridgehead atoms. The summed E-state index contributed by atoms with van der Waals surface area (Å²) in [5, 5.41) is 3.45. The number of aryl methyl sites for hydroxylation is 2. The number of hydrogen-bond acceptors (Lipinski definition) is 3. The zero-order chi connectivity index (χ0) is 13.5. The van der Waals surface area contributed by atoms with E-state index in [0.717, 1.165) is 37.6 Å². The first-order valence-corrected chi connectivity index (χ1v) is 6.88. The molecule has 0 amide bonds. The second kappa shape index (κ2) is 4.62. The summed E-state index contributed by atoms with van der Waals surface area (Å²) in [5.41, 5.74) is 3.75. The molecule has 102 valence electrons. The third kappa shape index (κ3) is 1.95. The van der Waals surface area contributed by atoms with Crippen molar-refractivity contribution in [2.75, 3.05) is 26.3 Å². The average Bonchev–Trinajstić information content (AvgIpc) is 2.64. The molecule has 1 aliphatic rings. The third-order valence-corrected chi connectivity index (χ3v) is 4.19. The normalized spacial score (nSPS) is 17.6. The van der Waals surface area contributed by atoms with Crippen LogP contribution in [0.25, 0.3) is 11.0 Å². The number of aromatic nitrogens is 2. The molecule has 4 heteroatoms. The number of hydrogen-bond donors (Lipinski definition) is 1. The molecule has 0 spiro atoms. The number of benzene rings is 1. The minimum Gasteiger partial charge on any atom is -0.379 e. The largest absolute Gasteiger partial charge is 0.379 e. The van der Waals surface area contributed by atoms with E-state index in [-0.39, 0.29) is 5.41 Å². The summed E-state index contributed by atoms with van der Waals surface area (Å²) in [7, 11) is 2.06. The van der Waals surface area contributed by atoms with Crippen molar-refractivity contribution in [3.05, 3.63) is 29.6 Å². The van der Waals surface area contributed by atoms with E-state index in [4.69, 9.17) is 4.74 Å². The Labute approximate surface area is 113 Å². The van der Waals surface area contributed by atoms with Gasteiger partial charge in [-0.2, -0.15) is 0 Å². The Morgan fingerprint density at radius 2 is 2.21 bits per heavy atom. The predicted molar refractivity (Wildman–Crippen MR) is 76.5 cm³/mol. The lowest BCUT2D eigenvalue weighted by Crippen LogP contribution is -2.53. The standard InChI is InChI=1S/C15H21N3O/c1-4-16-8-15(9-19-10-15)12-5-6-14-13(7-12)17-11(2)18(14)3/h5-7,16H,4,8-10H2,1-3H3. The summed E-state index contributed by atoms with van der Waals surface area (Å²) >= 11 is 0. The second-order valence-electron chi connectivity index (χ2n) is 5.47. The van der Waals surface area contributed by atoms with Gasteiger partial charge in [0, 0.05) is 13.6 Å². The molecule has 1 N–H and O–H groups in total. The maximum atomic E-state index is 5.47. The van der Waals surface area contributed by atoms with Crippen molar-refractivity contribution in [2.24, 2.45) is 7.05 Å². The minimum atomic E-state index is 0.135. The first kappa shape index (κ1) is 12.6. The SMILES string of the molecule is CCNCC1(c2ccc3c(c2)nc(C)n3C)COC1. The van der Waals surface area contributed by atoms with Gasteiger partial charge >= 0.3 is 0 Å². The molecule has 3 rings (SSSR count). The summed E-state index contributed by atoms with van der Waals surface area (Å²) in [4.78, 5) is 4.63. The van der Waals surface area contributed by atoms with Gasteiger partial charge in [-0.15, -0.1) is 0 Å². The highest BCUT2D eigenvalue weighted by molar-refractivity contribution is 5.77. The average molecular weight is 259 g/mol. The van der Waals surface area contributed by atoms with E-state index in [1.165, 1.54) is 11.1 Å². The van der Waals surface area contributed by atoms with Crippen molar-refractivity contribution >= 4 is 11.0 Å². The minimum absolute atomic E-state index is 0.135. The zero-order valence-electron chi connectivity index (χ0n) is 11.9. The highest BCUT2D eigenvalue weighted by Gasteiger charge is 2.40. The molecule has 2 aromatic rings. The maximum Gasteiger partial charge on any atom is 0.106 e. The lowest BCUT2D eigenvalue weighted by Gasteiger charge is -2.42. The zero-order valence-corrected chi connectivity index (χ0v) is 11.9. The number of imidazole rings is 1. The smallest absolute Gasteiger partial charge is 0.106 e. The number of nitrogens with zero attached hydrogens (tertiary/aromatic N) is 2. The number of ether oxygens (including phenoxy) is 1.